The zero-order chi connectivity index (χ0) is 9.86. The minimum atomic E-state index is 0.259. The molecule has 1 heterocycles. The molecular formula is C13H22O. The molecule has 0 aromatic carbocycles. The van der Waals surface area contributed by atoms with E-state index < -0.39 is 0 Å². The maximum absolute atomic E-state index is 6.04. The Bertz CT molecular complexity index is 187. The lowest BCUT2D eigenvalue weighted by atomic mass is 9.76. The van der Waals surface area contributed by atoms with E-state index in [4.69, 9.17) is 4.74 Å². The SMILES string of the molecule is CCC1CCC2(CCC=CCO2)CC1. The minimum absolute atomic E-state index is 0.259. The zero-order valence-corrected chi connectivity index (χ0v) is 9.30. The van der Waals surface area contributed by atoms with Gasteiger partial charge < -0.3 is 4.74 Å². The first-order valence-corrected chi connectivity index (χ1v) is 6.14. The quantitative estimate of drug-likeness (QED) is 0.578. The van der Waals surface area contributed by atoms with Crippen LogP contribution in [-0.2, 0) is 4.74 Å². The number of hydrogen-bond donors (Lipinski definition) is 0. The smallest absolute Gasteiger partial charge is 0.0690 e. The lowest BCUT2D eigenvalue weighted by Crippen LogP contribution is -2.36. The highest BCUT2D eigenvalue weighted by Crippen LogP contribution is 2.39. The molecule has 0 aromatic rings. The molecule has 0 atom stereocenters. The molecule has 2 aliphatic rings. The molecule has 2 rings (SSSR count). The van der Waals surface area contributed by atoms with Crippen molar-refractivity contribution < 1.29 is 4.74 Å². The van der Waals surface area contributed by atoms with Gasteiger partial charge in [-0.2, -0.15) is 0 Å². The summed E-state index contributed by atoms with van der Waals surface area (Å²) >= 11 is 0. The first-order valence-electron chi connectivity index (χ1n) is 6.14. The highest BCUT2D eigenvalue weighted by molar-refractivity contribution is 4.95. The molecule has 1 aliphatic heterocycles. The highest BCUT2D eigenvalue weighted by Gasteiger charge is 2.35. The number of allylic oxidation sites excluding steroid dienone is 1. The van der Waals surface area contributed by atoms with Crippen molar-refractivity contribution in [3.8, 4) is 0 Å². The third-order valence-corrected chi connectivity index (χ3v) is 4.01. The summed E-state index contributed by atoms with van der Waals surface area (Å²) in [5.74, 6) is 0.973. The van der Waals surface area contributed by atoms with E-state index in [1.807, 2.05) is 0 Å². The van der Waals surface area contributed by atoms with Crippen molar-refractivity contribution in [2.24, 2.45) is 5.92 Å². The second kappa shape index (κ2) is 4.48. The molecule has 1 aliphatic carbocycles. The zero-order valence-electron chi connectivity index (χ0n) is 9.30. The van der Waals surface area contributed by atoms with Gasteiger partial charge in [-0.05, 0) is 44.4 Å². The lowest BCUT2D eigenvalue weighted by molar-refractivity contribution is -0.0685. The van der Waals surface area contributed by atoms with Crippen LogP contribution in [0.5, 0.6) is 0 Å². The van der Waals surface area contributed by atoms with Gasteiger partial charge in [0.1, 0.15) is 0 Å². The Labute approximate surface area is 87.5 Å². The monoisotopic (exact) mass is 194 g/mol. The van der Waals surface area contributed by atoms with E-state index in [1.54, 1.807) is 0 Å². The van der Waals surface area contributed by atoms with Crippen LogP contribution in [0.15, 0.2) is 12.2 Å². The summed E-state index contributed by atoms with van der Waals surface area (Å²) in [4.78, 5) is 0. The van der Waals surface area contributed by atoms with Gasteiger partial charge in [-0.1, -0.05) is 25.5 Å². The highest BCUT2D eigenvalue weighted by atomic mass is 16.5. The van der Waals surface area contributed by atoms with E-state index in [0.717, 1.165) is 12.5 Å². The summed E-state index contributed by atoms with van der Waals surface area (Å²) in [6.07, 6.45) is 13.7. The van der Waals surface area contributed by atoms with Gasteiger partial charge in [-0.25, -0.2) is 0 Å². The minimum Gasteiger partial charge on any atom is -0.371 e. The molecule has 0 unspecified atom stereocenters. The first kappa shape index (κ1) is 10.2. The molecule has 1 saturated carbocycles. The van der Waals surface area contributed by atoms with Crippen LogP contribution in [0.2, 0.25) is 0 Å². The van der Waals surface area contributed by atoms with Crippen molar-refractivity contribution in [1.82, 2.24) is 0 Å². The van der Waals surface area contributed by atoms with Crippen LogP contribution < -0.4 is 0 Å². The van der Waals surface area contributed by atoms with E-state index >= 15 is 0 Å². The third kappa shape index (κ3) is 2.20. The summed E-state index contributed by atoms with van der Waals surface area (Å²) in [7, 11) is 0. The molecule has 0 saturated heterocycles. The Hall–Kier alpha value is -0.300. The molecule has 0 aromatic heterocycles. The van der Waals surface area contributed by atoms with Crippen LogP contribution in [0.3, 0.4) is 0 Å². The Morgan fingerprint density at radius 2 is 2.00 bits per heavy atom. The van der Waals surface area contributed by atoms with Crippen molar-refractivity contribution in [1.29, 1.82) is 0 Å². The molecule has 1 heteroatoms. The van der Waals surface area contributed by atoms with Crippen LogP contribution in [0.4, 0.5) is 0 Å². The molecule has 80 valence electrons. The van der Waals surface area contributed by atoms with Crippen LogP contribution in [0, 0.1) is 5.92 Å². The van der Waals surface area contributed by atoms with E-state index in [-0.39, 0.29) is 5.60 Å². The Morgan fingerprint density at radius 1 is 1.21 bits per heavy atom. The van der Waals surface area contributed by atoms with Crippen molar-refractivity contribution in [3.63, 3.8) is 0 Å². The average molecular weight is 194 g/mol. The van der Waals surface area contributed by atoms with Gasteiger partial charge in [0, 0.05) is 0 Å². The van der Waals surface area contributed by atoms with Gasteiger partial charge in [0.25, 0.3) is 0 Å². The summed E-state index contributed by atoms with van der Waals surface area (Å²) in [5.41, 5.74) is 0.259. The average Bonchev–Trinajstić information content (AvgIpc) is 2.46. The fourth-order valence-electron chi connectivity index (χ4n) is 2.84. The Morgan fingerprint density at radius 3 is 2.71 bits per heavy atom. The number of hydrogen-bond acceptors (Lipinski definition) is 1. The van der Waals surface area contributed by atoms with Crippen molar-refractivity contribution in [3.05, 3.63) is 12.2 Å². The van der Waals surface area contributed by atoms with E-state index in [2.05, 4.69) is 19.1 Å². The van der Waals surface area contributed by atoms with Crippen LogP contribution in [0.25, 0.3) is 0 Å². The van der Waals surface area contributed by atoms with Gasteiger partial charge >= 0.3 is 0 Å². The topological polar surface area (TPSA) is 9.23 Å². The van der Waals surface area contributed by atoms with Crippen LogP contribution in [0.1, 0.15) is 51.9 Å². The molecule has 1 fully saturated rings. The molecule has 0 N–H and O–H groups in total. The van der Waals surface area contributed by atoms with Gasteiger partial charge in [-0.3, -0.25) is 0 Å². The first-order chi connectivity index (χ1) is 6.85. The van der Waals surface area contributed by atoms with Gasteiger partial charge in [-0.15, -0.1) is 0 Å². The largest absolute Gasteiger partial charge is 0.371 e. The molecule has 1 spiro atoms. The van der Waals surface area contributed by atoms with Crippen molar-refractivity contribution >= 4 is 0 Å². The van der Waals surface area contributed by atoms with Crippen molar-refractivity contribution in [2.75, 3.05) is 6.61 Å². The molecule has 0 amide bonds. The second-order valence-corrected chi connectivity index (χ2v) is 4.86. The second-order valence-electron chi connectivity index (χ2n) is 4.86. The Kier molecular flexibility index (Phi) is 3.27. The molecule has 1 nitrogen and oxygen atoms in total. The summed E-state index contributed by atoms with van der Waals surface area (Å²) in [6.45, 7) is 3.16. The van der Waals surface area contributed by atoms with E-state index in [9.17, 15) is 0 Å². The fourth-order valence-corrected chi connectivity index (χ4v) is 2.84. The van der Waals surface area contributed by atoms with E-state index in [1.165, 1.54) is 44.9 Å². The predicted molar refractivity (Wildman–Crippen MR) is 59.3 cm³/mol. The summed E-state index contributed by atoms with van der Waals surface area (Å²) in [5, 5.41) is 0. The number of rotatable bonds is 1. The molecule has 14 heavy (non-hydrogen) atoms. The summed E-state index contributed by atoms with van der Waals surface area (Å²) in [6, 6.07) is 0. The predicted octanol–water partition coefficient (Wildman–Crippen LogP) is 3.69. The maximum Gasteiger partial charge on any atom is 0.0690 e. The van der Waals surface area contributed by atoms with Gasteiger partial charge in [0.05, 0.1) is 12.2 Å². The Balaban J connectivity index is 1.91. The normalized spacial score (nSPS) is 38.5. The standard InChI is InChI=1S/C13H22O/c1-2-12-6-9-13(10-7-12)8-4-3-5-11-14-13/h3,5,12H,2,4,6-11H2,1H3. The maximum atomic E-state index is 6.04. The molecule has 0 radical (unpaired) electrons. The summed E-state index contributed by atoms with van der Waals surface area (Å²) < 4.78 is 6.04. The van der Waals surface area contributed by atoms with Crippen LogP contribution in [-0.4, -0.2) is 12.2 Å². The van der Waals surface area contributed by atoms with Crippen molar-refractivity contribution in [2.45, 2.75) is 57.5 Å². The molecular weight excluding hydrogens is 172 g/mol. The van der Waals surface area contributed by atoms with Gasteiger partial charge in [0.15, 0.2) is 0 Å². The van der Waals surface area contributed by atoms with Crippen LogP contribution >= 0.6 is 0 Å². The lowest BCUT2D eigenvalue weighted by Gasteiger charge is -2.39. The fraction of sp³-hybridized carbons (Fsp3) is 0.846. The molecule has 0 bridgehead atoms. The third-order valence-electron chi connectivity index (χ3n) is 4.01. The van der Waals surface area contributed by atoms with Gasteiger partial charge in [0.2, 0.25) is 0 Å². The van der Waals surface area contributed by atoms with E-state index in [0.29, 0.717) is 0 Å². The number of ether oxygens (including phenoxy) is 1.